The Balaban J connectivity index is 1.78. The fraction of sp³-hybridized carbons (Fsp3) is 0.500. The van der Waals surface area contributed by atoms with Crippen LogP contribution in [0.1, 0.15) is 26.0 Å². The quantitative estimate of drug-likeness (QED) is 0.618. The lowest BCUT2D eigenvalue weighted by Crippen LogP contribution is -2.32. The Morgan fingerprint density at radius 3 is 2.84 bits per heavy atom. The molecule has 0 fully saturated rings. The van der Waals surface area contributed by atoms with Crippen molar-refractivity contribution in [2.45, 2.75) is 32.1 Å². The molecule has 25 heavy (non-hydrogen) atoms. The van der Waals surface area contributed by atoms with E-state index in [0.717, 1.165) is 9.88 Å². The van der Waals surface area contributed by atoms with Crippen LogP contribution in [0.15, 0.2) is 22.9 Å². The van der Waals surface area contributed by atoms with E-state index < -0.39 is 21.5 Å². The van der Waals surface area contributed by atoms with Gasteiger partial charge >= 0.3 is 0 Å². The third-order valence-electron chi connectivity index (χ3n) is 3.10. The molecule has 2 heterocycles. The van der Waals surface area contributed by atoms with Gasteiger partial charge in [-0.2, -0.15) is 0 Å². The molecule has 0 aliphatic heterocycles. The summed E-state index contributed by atoms with van der Waals surface area (Å²) < 4.78 is 29.7. The molecular formula is C16H22N2O4S3. The molecule has 6 nitrogen and oxygen atoms in total. The van der Waals surface area contributed by atoms with Crippen molar-refractivity contribution in [3.8, 4) is 9.88 Å². The average molecular weight is 403 g/mol. The van der Waals surface area contributed by atoms with Crippen molar-refractivity contribution in [2.24, 2.45) is 0 Å². The van der Waals surface area contributed by atoms with Crippen molar-refractivity contribution in [1.29, 1.82) is 0 Å². The maximum absolute atomic E-state index is 12.2. The summed E-state index contributed by atoms with van der Waals surface area (Å²) in [6.45, 7) is 4.82. The zero-order chi connectivity index (χ0) is 18.3. The molecule has 138 valence electrons. The van der Waals surface area contributed by atoms with Gasteiger partial charge in [-0.3, -0.25) is 4.79 Å². The third-order valence-corrected chi connectivity index (χ3v) is 6.46. The molecule has 2 rings (SSSR count). The summed E-state index contributed by atoms with van der Waals surface area (Å²) in [5.74, 6) is -1.24. The maximum Gasteiger partial charge on any atom is 0.235 e. The van der Waals surface area contributed by atoms with Gasteiger partial charge < -0.3 is 10.1 Å². The van der Waals surface area contributed by atoms with Gasteiger partial charge in [0.1, 0.15) is 10.8 Å². The first-order valence-electron chi connectivity index (χ1n) is 7.93. The van der Waals surface area contributed by atoms with E-state index in [2.05, 4.69) is 10.3 Å². The van der Waals surface area contributed by atoms with Crippen LogP contribution in [-0.2, 0) is 25.1 Å². The fourth-order valence-corrected chi connectivity index (χ4v) is 4.97. The number of aromatic nitrogens is 1. The minimum atomic E-state index is -3.54. The molecule has 0 saturated carbocycles. The highest BCUT2D eigenvalue weighted by Gasteiger charge is 2.19. The lowest BCUT2D eigenvalue weighted by molar-refractivity contribution is -0.118. The van der Waals surface area contributed by atoms with Gasteiger partial charge in [-0.05, 0) is 31.7 Å². The Kier molecular flexibility index (Phi) is 7.55. The van der Waals surface area contributed by atoms with E-state index in [1.165, 1.54) is 11.3 Å². The zero-order valence-corrected chi connectivity index (χ0v) is 16.7. The van der Waals surface area contributed by atoms with Gasteiger partial charge in [0.25, 0.3) is 0 Å². The van der Waals surface area contributed by atoms with Crippen molar-refractivity contribution in [3.63, 3.8) is 0 Å². The van der Waals surface area contributed by atoms with E-state index in [1.807, 2.05) is 31.4 Å². The van der Waals surface area contributed by atoms with Gasteiger partial charge in [-0.15, -0.1) is 22.7 Å². The first-order chi connectivity index (χ1) is 11.9. The number of amides is 1. The molecule has 0 saturated heterocycles. The van der Waals surface area contributed by atoms with Crippen LogP contribution in [0.4, 0.5) is 0 Å². The number of rotatable bonds is 10. The molecule has 2 aromatic rings. The molecule has 0 unspecified atom stereocenters. The van der Waals surface area contributed by atoms with Crippen molar-refractivity contribution < 1.29 is 17.9 Å². The van der Waals surface area contributed by atoms with Crippen LogP contribution in [0, 0.1) is 0 Å². The molecule has 0 spiro atoms. The van der Waals surface area contributed by atoms with Crippen LogP contribution in [0.5, 0.6) is 0 Å². The van der Waals surface area contributed by atoms with E-state index in [1.54, 1.807) is 16.7 Å². The standard InChI is InChI=1S/C16H22N2O4S3/c1-12(2)22-7-4-6-17-15(19)11-25(20,21)10-13-9-24-16(18-13)14-5-3-8-23-14/h3,5,8-9,12H,4,6-7,10-11H2,1-2H3,(H,17,19). The summed E-state index contributed by atoms with van der Waals surface area (Å²) in [6.07, 6.45) is 0.800. The van der Waals surface area contributed by atoms with Crippen LogP contribution in [0.2, 0.25) is 0 Å². The van der Waals surface area contributed by atoms with Crippen molar-refractivity contribution in [2.75, 3.05) is 18.9 Å². The molecule has 0 atom stereocenters. The van der Waals surface area contributed by atoms with E-state index >= 15 is 0 Å². The van der Waals surface area contributed by atoms with Crippen LogP contribution in [0.3, 0.4) is 0 Å². The largest absolute Gasteiger partial charge is 0.379 e. The summed E-state index contributed by atoms with van der Waals surface area (Å²) >= 11 is 2.97. The smallest absolute Gasteiger partial charge is 0.235 e. The van der Waals surface area contributed by atoms with Gasteiger partial charge in [-0.1, -0.05) is 6.07 Å². The summed E-state index contributed by atoms with van der Waals surface area (Å²) in [6, 6.07) is 3.87. The highest BCUT2D eigenvalue weighted by Crippen LogP contribution is 2.28. The van der Waals surface area contributed by atoms with Crippen molar-refractivity contribution >= 4 is 38.4 Å². The lowest BCUT2D eigenvalue weighted by Gasteiger charge is -2.08. The number of sulfone groups is 1. The molecule has 0 aromatic carbocycles. The number of hydrogen-bond donors (Lipinski definition) is 1. The van der Waals surface area contributed by atoms with Crippen LogP contribution in [-0.4, -0.2) is 44.3 Å². The molecule has 9 heteroatoms. The molecular weight excluding hydrogens is 380 g/mol. The predicted molar refractivity (Wildman–Crippen MR) is 102 cm³/mol. The molecule has 0 radical (unpaired) electrons. The normalized spacial score (nSPS) is 11.8. The highest BCUT2D eigenvalue weighted by molar-refractivity contribution is 7.91. The number of carbonyl (C=O) groups excluding carboxylic acids is 1. The number of nitrogens with one attached hydrogen (secondary N) is 1. The van der Waals surface area contributed by atoms with Gasteiger partial charge in [0, 0.05) is 18.5 Å². The zero-order valence-electron chi connectivity index (χ0n) is 14.2. The monoisotopic (exact) mass is 402 g/mol. The van der Waals surface area contributed by atoms with Crippen molar-refractivity contribution in [1.82, 2.24) is 10.3 Å². The number of thiophene rings is 1. The molecule has 1 N–H and O–H groups in total. The second-order valence-corrected chi connectivity index (χ2v) is 9.65. The number of hydrogen-bond acceptors (Lipinski definition) is 7. The van der Waals surface area contributed by atoms with Crippen LogP contribution >= 0.6 is 22.7 Å². The number of nitrogens with zero attached hydrogens (tertiary/aromatic N) is 1. The van der Waals surface area contributed by atoms with Gasteiger partial charge in [-0.25, -0.2) is 13.4 Å². The van der Waals surface area contributed by atoms with Gasteiger partial charge in [0.15, 0.2) is 9.84 Å². The Labute approximate surface area is 156 Å². The first kappa shape index (κ1) is 20.0. The Morgan fingerprint density at radius 2 is 2.16 bits per heavy atom. The minimum Gasteiger partial charge on any atom is -0.379 e. The van der Waals surface area contributed by atoms with Crippen LogP contribution < -0.4 is 5.32 Å². The van der Waals surface area contributed by atoms with E-state index in [4.69, 9.17) is 4.74 Å². The van der Waals surface area contributed by atoms with E-state index in [9.17, 15) is 13.2 Å². The molecule has 0 aliphatic rings. The summed E-state index contributed by atoms with van der Waals surface area (Å²) in [4.78, 5) is 17.1. The second kappa shape index (κ2) is 9.42. The highest BCUT2D eigenvalue weighted by atomic mass is 32.2. The van der Waals surface area contributed by atoms with Crippen molar-refractivity contribution in [3.05, 3.63) is 28.6 Å². The molecule has 1 amide bonds. The number of thiazole rings is 1. The predicted octanol–water partition coefficient (Wildman–Crippen LogP) is 2.72. The SMILES string of the molecule is CC(C)OCCCNC(=O)CS(=O)(=O)Cc1csc(-c2cccs2)n1. The summed E-state index contributed by atoms with van der Waals surface area (Å²) in [7, 11) is -3.54. The topological polar surface area (TPSA) is 85.4 Å². The first-order valence-corrected chi connectivity index (χ1v) is 11.5. The summed E-state index contributed by atoms with van der Waals surface area (Å²) in [5.41, 5.74) is 0.478. The Bertz CT molecular complexity index is 767. The minimum absolute atomic E-state index is 0.147. The maximum atomic E-state index is 12.2. The second-order valence-electron chi connectivity index (χ2n) is 5.78. The Morgan fingerprint density at radius 1 is 1.36 bits per heavy atom. The fourth-order valence-electron chi connectivity index (χ4n) is 2.03. The van der Waals surface area contributed by atoms with Gasteiger partial charge in [0.05, 0.1) is 22.4 Å². The molecule has 2 aromatic heterocycles. The third kappa shape index (κ3) is 7.23. The molecule has 0 bridgehead atoms. The van der Waals surface area contributed by atoms with Gasteiger partial charge in [0.2, 0.25) is 5.91 Å². The van der Waals surface area contributed by atoms with E-state index in [0.29, 0.717) is 25.3 Å². The van der Waals surface area contributed by atoms with E-state index in [-0.39, 0.29) is 11.9 Å². The van der Waals surface area contributed by atoms with Crippen LogP contribution in [0.25, 0.3) is 9.88 Å². The molecule has 0 aliphatic carbocycles. The summed E-state index contributed by atoms with van der Waals surface area (Å²) in [5, 5.41) is 7.09. The number of ether oxygens (including phenoxy) is 1. The average Bonchev–Trinajstić information content (AvgIpc) is 3.16. The lowest BCUT2D eigenvalue weighted by atomic mass is 10.4. The Hall–Kier alpha value is -1.29. The number of carbonyl (C=O) groups is 1.